The molecule has 9 nitrogen and oxygen atoms in total. The van der Waals surface area contributed by atoms with E-state index in [1.807, 2.05) is 32.9 Å². The minimum atomic E-state index is -0.479. The van der Waals surface area contributed by atoms with Gasteiger partial charge in [-0.25, -0.2) is 14.8 Å². The van der Waals surface area contributed by atoms with Gasteiger partial charge in [-0.15, -0.1) is 0 Å². The van der Waals surface area contributed by atoms with Crippen molar-refractivity contribution in [2.45, 2.75) is 58.0 Å². The van der Waals surface area contributed by atoms with Gasteiger partial charge in [0.15, 0.2) is 11.5 Å². The number of hydrogen-bond donors (Lipinski definition) is 1. The first-order chi connectivity index (χ1) is 17.7. The first-order valence-electron chi connectivity index (χ1n) is 13.2. The molecular formula is C28H36N6O3. The molecule has 0 unspecified atom stereocenters. The van der Waals surface area contributed by atoms with Crippen molar-refractivity contribution >= 4 is 23.4 Å². The molecular weight excluding hydrogens is 468 g/mol. The second-order valence-electron chi connectivity index (χ2n) is 11.5. The molecule has 0 bridgehead atoms. The van der Waals surface area contributed by atoms with E-state index in [2.05, 4.69) is 33.4 Å². The van der Waals surface area contributed by atoms with Crippen molar-refractivity contribution in [3.05, 3.63) is 41.7 Å². The second kappa shape index (κ2) is 10.2. The van der Waals surface area contributed by atoms with E-state index in [1.165, 1.54) is 12.0 Å². The van der Waals surface area contributed by atoms with Crippen LogP contribution >= 0.6 is 0 Å². The van der Waals surface area contributed by atoms with Crippen molar-refractivity contribution < 1.29 is 14.3 Å². The third kappa shape index (κ3) is 5.80. The Morgan fingerprint density at radius 1 is 1.19 bits per heavy atom. The van der Waals surface area contributed by atoms with Gasteiger partial charge in [-0.2, -0.15) is 5.26 Å². The fraction of sp³-hybridized carbons (Fsp3) is 0.571. The van der Waals surface area contributed by atoms with E-state index >= 15 is 0 Å². The second-order valence-corrected chi connectivity index (χ2v) is 11.5. The summed E-state index contributed by atoms with van der Waals surface area (Å²) in [5.41, 5.74) is 2.14. The summed E-state index contributed by atoms with van der Waals surface area (Å²) in [5, 5.41) is 12.9. The van der Waals surface area contributed by atoms with E-state index in [-0.39, 0.29) is 17.2 Å². The number of likely N-dealkylation sites (tertiary alicyclic amines) is 1. The molecule has 3 fully saturated rings. The SMILES string of the molecule is CC(C)(C)OC(=O)N1CCC(c2ccc(Nc3nc(N4CCCC5(COC5)C4)cnc3C#N)cc2)CC1. The molecule has 1 aromatic carbocycles. The number of piperidine rings is 2. The van der Waals surface area contributed by atoms with E-state index < -0.39 is 5.60 Å². The Morgan fingerprint density at radius 3 is 2.54 bits per heavy atom. The van der Waals surface area contributed by atoms with Gasteiger partial charge in [-0.3, -0.25) is 0 Å². The van der Waals surface area contributed by atoms with Crippen LogP contribution in [-0.2, 0) is 9.47 Å². The maximum atomic E-state index is 12.4. The number of anilines is 3. The van der Waals surface area contributed by atoms with Gasteiger partial charge in [0.1, 0.15) is 17.5 Å². The Bertz CT molecular complexity index is 1160. The monoisotopic (exact) mass is 504 g/mol. The van der Waals surface area contributed by atoms with Crippen LogP contribution in [0.4, 0.5) is 22.1 Å². The lowest BCUT2D eigenvalue weighted by atomic mass is 9.78. The Balaban J connectivity index is 1.22. The summed E-state index contributed by atoms with van der Waals surface area (Å²) in [6, 6.07) is 10.4. The molecule has 4 heterocycles. The Labute approximate surface area is 218 Å². The van der Waals surface area contributed by atoms with Crippen LogP contribution < -0.4 is 10.2 Å². The summed E-state index contributed by atoms with van der Waals surface area (Å²) in [6.45, 7) is 10.5. The van der Waals surface area contributed by atoms with E-state index in [4.69, 9.17) is 14.5 Å². The first-order valence-corrected chi connectivity index (χ1v) is 13.2. The third-order valence-corrected chi connectivity index (χ3v) is 7.46. The molecule has 3 saturated heterocycles. The molecule has 0 atom stereocenters. The van der Waals surface area contributed by atoms with Crippen LogP contribution in [0.15, 0.2) is 30.5 Å². The van der Waals surface area contributed by atoms with Crippen LogP contribution in [0, 0.1) is 16.7 Å². The van der Waals surface area contributed by atoms with Crippen LogP contribution in [0.3, 0.4) is 0 Å². The summed E-state index contributed by atoms with van der Waals surface area (Å²) in [6.07, 6.45) is 5.56. The highest BCUT2D eigenvalue weighted by Crippen LogP contribution is 2.38. The maximum Gasteiger partial charge on any atom is 0.410 e. The number of carbonyl (C=O) groups excluding carboxylic acids is 1. The van der Waals surface area contributed by atoms with Gasteiger partial charge >= 0.3 is 6.09 Å². The number of amides is 1. The van der Waals surface area contributed by atoms with Gasteiger partial charge in [0.2, 0.25) is 0 Å². The molecule has 196 valence electrons. The fourth-order valence-electron chi connectivity index (χ4n) is 5.43. The maximum absolute atomic E-state index is 12.4. The quantitative estimate of drug-likeness (QED) is 0.632. The molecule has 1 N–H and O–H groups in total. The lowest BCUT2D eigenvalue weighted by molar-refractivity contribution is -0.117. The Morgan fingerprint density at radius 2 is 1.92 bits per heavy atom. The molecule has 2 aromatic rings. The number of nitrogens with zero attached hydrogens (tertiary/aromatic N) is 5. The number of carbonyl (C=O) groups is 1. The molecule has 9 heteroatoms. The minimum Gasteiger partial charge on any atom is -0.444 e. The first kappa shape index (κ1) is 25.3. The Hall–Kier alpha value is -3.38. The van der Waals surface area contributed by atoms with Crippen molar-refractivity contribution in [2.24, 2.45) is 5.41 Å². The Kier molecular flexibility index (Phi) is 6.95. The van der Waals surface area contributed by atoms with Crippen LogP contribution in [0.1, 0.15) is 63.6 Å². The predicted molar refractivity (Wildman–Crippen MR) is 141 cm³/mol. The van der Waals surface area contributed by atoms with Crippen LogP contribution in [0.2, 0.25) is 0 Å². The van der Waals surface area contributed by atoms with Crippen molar-refractivity contribution in [2.75, 3.05) is 49.6 Å². The highest BCUT2D eigenvalue weighted by Gasteiger charge is 2.42. The number of nitrogens with one attached hydrogen (secondary N) is 1. The van der Waals surface area contributed by atoms with Crippen molar-refractivity contribution in [3.8, 4) is 6.07 Å². The molecule has 37 heavy (non-hydrogen) atoms. The van der Waals surface area contributed by atoms with Crippen molar-refractivity contribution in [1.82, 2.24) is 14.9 Å². The highest BCUT2D eigenvalue weighted by atomic mass is 16.6. The molecule has 5 rings (SSSR count). The zero-order valence-electron chi connectivity index (χ0n) is 22.0. The van der Waals surface area contributed by atoms with Crippen LogP contribution in [0.5, 0.6) is 0 Å². The molecule has 1 amide bonds. The lowest BCUT2D eigenvalue weighted by Crippen LogP contribution is -2.54. The van der Waals surface area contributed by atoms with Crippen molar-refractivity contribution in [1.29, 1.82) is 5.26 Å². The molecule has 1 aromatic heterocycles. The normalized spacial score (nSPS) is 19.7. The minimum absolute atomic E-state index is 0.233. The highest BCUT2D eigenvalue weighted by molar-refractivity contribution is 5.68. The van der Waals surface area contributed by atoms with Gasteiger partial charge < -0.3 is 24.6 Å². The van der Waals surface area contributed by atoms with Gasteiger partial charge in [0, 0.05) is 37.3 Å². The molecule has 0 saturated carbocycles. The average Bonchev–Trinajstić information content (AvgIpc) is 2.87. The molecule has 3 aliphatic rings. The summed E-state index contributed by atoms with van der Waals surface area (Å²) in [7, 11) is 0. The number of benzene rings is 1. The number of ether oxygens (including phenoxy) is 2. The summed E-state index contributed by atoms with van der Waals surface area (Å²) in [5.74, 6) is 1.66. The van der Waals surface area contributed by atoms with Crippen molar-refractivity contribution in [3.63, 3.8) is 0 Å². The van der Waals surface area contributed by atoms with E-state index in [9.17, 15) is 10.1 Å². The average molecular weight is 505 g/mol. The van der Waals surface area contributed by atoms with E-state index in [1.54, 1.807) is 11.1 Å². The zero-order chi connectivity index (χ0) is 26.0. The van der Waals surface area contributed by atoms with Gasteiger partial charge in [-0.1, -0.05) is 12.1 Å². The van der Waals surface area contributed by atoms with E-state index in [0.717, 1.165) is 57.1 Å². The summed E-state index contributed by atoms with van der Waals surface area (Å²) >= 11 is 0. The fourth-order valence-corrected chi connectivity index (χ4v) is 5.43. The topological polar surface area (TPSA) is 104 Å². The predicted octanol–water partition coefficient (Wildman–Crippen LogP) is 4.82. The number of nitriles is 1. The van der Waals surface area contributed by atoms with Crippen LogP contribution in [0.25, 0.3) is 0 Å². The molecule has 0 radical (unpaired) electrons. The van der Waals surface area contributed by atoms with Crippen LogP contribution in [-0.4, -0.2) is 66.0 Å². The largest absolute Gasteiger partial charge is 0.444 e. The third-order valence-electron chi connectivity index (χ3n) is 7.46. The molecule has 1 spiro atoms. The number of rotatable bonds is 4. The van der Waals surface area contributed by atoms with E-state index in [0.29, 0.717) is 24.8 Å². The molecule has 0 aliphatic carbocycles. The van der Waals surface area contributed by atoms with Gasteiger partial charge in [-0.05, 0) is 70.1 Å². The smallest absolute Gasteiger partial charge is 0.410 e. The molecule has 3 aliphatic heterocycles. The number of hydrogen-bond acceptors (Lipinski definition) is 8. The number of aromatic nitrogens is 2. The summed E-state index contributed by atoms with van der Waals surface area (Å²) in [4.78, 5) is 25.6. The standard InChI is InChI=1S/C28H36N6O3/c1-27(2,3)37-26(35)33-13-9-21(10-14-33)20-5-7-22(8-6-20)31-25-23(15-29)30-16-24(32-25)34-12-4-11-28(17-34)18-36-19-28/h5-8,16,21H,4,9-14,17-19H2,1-3H3,(H,31,32). The summed E-state index contributed by atoms with van der Waals surface area (Å²) < 4.78 is 11.0. The zero-order valence-corrected chi connectivity index (χ0v) is 22.0. The van der Waals surface area contributed by atoms with Gasteiger partial charge in [0.25, 0.3) is 0 Å². The lowest BCUT2D eigenvalue weighted by Gasteiger charge is -2.48. The van der Waals surface area contributed by atoms with Gasteiger partial charge in [0.05, 0.1) is 19.4 Å².